The highest BCUT2D eigenvalue weighted by atomic mass is 32.2. The van der Waals surface area contributed by atoms with Gasteiger partial charge in [0.2, 0.25) is 15.9 Å². The highest BCUT2D eigenvalue weighted by molar-refractivity contribution is 7.89. The van der Waals surface area contributed by atoms with Crippen molar-refractivity contribution < 1.29 is 18.1 Å². The Morgan fingerprint density at radius 2 is 2.04 bits per heavy atom. The Morgan fingerprint density at radius 3 is 2.65 bits per heavy atom. The molecule has 26 heavy (non-hydrogen) atoms. The maximum absolute atomic E-state index is 11.8. The van der Waals surface area contributed by atoms with Crippen molar-refractivity contribution in [3.05, 3.63) is 58.4 Å². The molecule has 11 heteroatoms. The van der Waals surface area contributed by atoms with Gasteiger partial charge in [-0.3, -0.25) is 19.9 Å². The number of nitro groups is 1. The number of carbonyl (C=O) groups is 1. The van der Waals surface area contributed by atoms with Crippen molar-refractivity contribution in [3.63, 3.8) is 0 Å². The number of nitro benzene ring substituents is 1. The number of amides is 1. The summed E-state index contributed by atoms with van der Waals surface area (Å²) in [4.78, 5) is 25.9. The molecule has 1 aromatic carbocycles. The van der Waals surface area contributed by atoms with Gasteiger partial charge in [-0.25, -0.2) is 13.6 Å². The van der Waals surface area contributed by atoms with Crippen LogP contribution in [0.15, 0.2) is 47.5 Å². The number of sulfonamides is 1. The molecule has 0 saturated carbocycles. The molecule has 0 unspecified atom stereocenters. The number of nitrogens with zero attached hydrogens (tertiary/aromatic N) is 2. The van der Waals surface area contributed by atoms with Gasteiger partial charge in [0.25, 0.3) is 5.69 Å². The Hall–Kier alpha value is -3.05. The van der Waals surface area contributed by atoms with Crippen molar-refractivity contribution in [2.75, 3.05) is 11.9 Å². The van der Waals surface area contributed by atoms with E-state index >= 15 is 0 Å². The van der Waals surface area contributed by atoms with Crippen LogP contribution in [0.1, 0.15) is 12.1 Å². The Labute approximate surface area is 149 Å². The number of primary sulfonamides is 1. The molecule has 1 aromatic heterocycles. The summed E-state index contributed by atoms with van der Waals surface area (Å²) in [6, 6.07) is 8.62. The van der Waals surface area contributed by atoms with Crippen molar-refractivity contribution in [1.82, 2.24) is 10.3 Å². The molecule has 0 spiro atoms. The third-order valence-electron chi connectivity index (χ3n) is 3.35. The zero-order valence-corrected chi connectivity index (χ0v) is 14.4. The van der Waals surface area contributed by atoms with Crippen LogP contribution in [0.5, 0.6) is 0 Å². The molecule has 1 heterocycles. The maximum Gasteiger partial charge on any atom is 0.293 e. The van der Waals surface area contributed by atoms with Crippen molar-refractivity contribution in [2.45, 2.75) is 17.9 Å². The highest BCUT2D eigenvalue weighted by Crippen LogP contribution is 2.27. The van der Waals surface area contributed by atoms with E-state index in [1.165, 1.54) is 6.07 Å². The zero-order valence-electron chi connectivity index (χ0n) is 13.6. The SMILES string of the molecule is NS(=O)(=O)c1ccc(NCCC(=O)NCc2ccccn2)c([N+](=O)[O-])c1. The van der Waals surface area contributed by atoms with Gasteiger partial charge in [-0.05, 0) is 24.3 Å². The second-order valence-corrected chi connectivity index (χ2v) is 6.82. The summed E-state index contributed by atoms with van der Waals surface area (Å²) in [6.07, 6.45) is 1.69. The number of nitrogens with one attached hydrogen (secondary N) is 2. The summed E-state index contributed by atoms with van der Waals surface area (Å²) >= 11 is 0. The minimum absolute atomic E-state index is 0.0704. The normalized spacial score (nSPS) is 11.0. The average molecular weight is 379 g/mol. The van der Waals surface area contributed by atoms with E-state index in [-0.39, 0.29) is 36.0 Å². The minimum atomic E-state index is -4.05. The van der Waals surface area contributed by atoms with Gasteiger partial charge in [0.1, 0.15) is 5.69 Å². The molecular weight excluding hydrogens is 362 g/mol. The lowest BCUT2D eigenvalue weighted by Gasteiger charge is -2.09. The predicted molar refractivity (Wildman–Crippen MR) is 93.7 cm³/mol. The Morgan fingerprint density at radius 1 is 1.27 bits per heavy atom. The first-order valence-electron chi connectivity index (χ1n) is 7.49. The summed E-state index contributed by atoms with van der Waals surface area (Å²) in [5, 5.41) is 21.5. The number of rotatable bonds is 8. The molecule has 0 aliphatic rings. The van der Waals surface area contributed by atoms with Gasteiger partial charge in [-0.15, -0.1) is 0 Å². The second-order valence-electron chi connectivity index (χ2n) is 5.26. The van der Waals surface area contributed by atoms with E-state index in [4.69, 9.17) is 5.14 Å². The molecule has 0 atom stereocenters. The molecule has 4 N–H and O–H groups in total. The Bertz CT molecular complexity index is 902. The second kappa shape index (κ2) is 8.36. The van der Waals surface area contributed by atoms with Crippen LogP contribution in [0.4, 0.5) is 11.4 Å². The van der Waals surface area contributed by atoms with Crippen molar-refractivity contribution in [1.29, 1.82) is 0 Å². The maximum atomic E-state index is 11.8. The van der Waals surface area contributed by atoms with E-state index in [0.717, 1.165) is 12.1 Å². The van der Waals surface area contributed by atoms with Gasteiger partial charge < -0.3 is 10.6 Å². The zero-order chi connectivity index (χ0) is 19.2. The molecular formula is C15H17N5O5S. The van der Waals surface area contributed by atoms with Crippen LogP contribution in [0.2, 0.25) is 0 Å². The molecule has 0 radical (unpaired) electrons. The third kappa shape index (κ3) is 5.50. The lowest BCUT2D eigenvalue weighted by atomic mass is 10.2. The minimum Gasteiger partial charge on any atom is -0.379 e. The van der Waals surface area contributed by atoms with E-state index in [0.29, 0.717) is 5.69 Å². The molecule has 0 aliphatic carbocycles. The largest absolute Gasteiger partial charge is 0.379 e. The lowest BCUT2D eigenvalue weighted by Crippen LogP contribution is -2.25. The first-order valence-corrected chi connectivity index (χ1v) is 9.04. The quantitative estimate of drug-likeness (QED) is 0.451. The fraction of sp³-hybridized carbons (Fsp3) is 0.200. The summed E-state index contributed by atoms with van der Waals surface area (Å²) in [6.45, 7) is 0.409. The van der Waals surface area contributed by atoms with Gasteiger partial charge in [-0.2, -0.15) is 0 Å². The summed E-state index contributed by atoms with van der Waals surface area (Å²) in [5.74, 6) is -0.257. The molecule has 138 valence electrons. The Kier molecular flexibility index (Phi) is 6.20. The van der Waals surface area contributed by atoms with Crippen molar-refractivity contribution in [2.24, 2.45) is 5.14 Å². The number of nitrogens with two attached hydrogens (primary N) is 1. The topological polar surface area (TPSA) is 157 Å². The number of hydrogen-bond donors (Lipinski definition) is 3. The molecule has 2 rings (SSSR count). The highest BCUT2D eigenvalue weighted by Gasteiger charge is 2.19. The van der Waals surface area contributed by atoms with Gasteiger partial charge in [0.05, 0.1) is 22.1 Å². The lowest BCUT2D eigenvalue weighted by molar-refractivity contribution is -0.384. The molecule has 10 nitrogen and oxygen atoms in total. The number of aromatic nitrogens is 1. The Balaban J connectivity index is 1.92. The average Bonchev–Trinajstić information content (AvgIpc) is 2.60. The molecule has 0 bridgehead atoms. The van der Waals surface area contributed by atoms with Crippen molar-refractivity contribution in [3.8, 4) is 0 Å². The van der Waals surface area contributed by atoms with Crippen LogP contribution in [-0.4, -0.2) is 30.8 Å². The molecule has 2 aromatic rings. The van der Waals surface area contributed by atoms with Crippen LogP contribution in [-0.2, 0) is 21.4 Å². The smallest absolute Gasteiger partial charge is 0.293 e. The fourth-order valence-corrected chi connectivity index (χ4v) is 2.61. The number of pyridine rings is 1. The number of carbonyl (C=O) groups excluding carboxylic acids is 1. The first kappa shape index (κ1) is 19.3. The first-order chi connectivity index (χ1) is 12.3. The van der Waals surface area contributed by atoms with Crippen LogP contribution in [0, 0.1) is 10.1 Å². The van der Waals surface area contributed by atoms with Crippen LogP contribution in [0.3, 0.4) is 0 Å². The fourth-order valence-electron chi connectivity index (χ4n) is 2.08. The summed E-state index contributed by atoms with van der Waals surface area (Å²) in [7, 11) is -4.05. The number of benzene rings is 1. The van der Waals surface area contributed by atoms with Gasteiger partial charge >= 0.3 is 0 Å². The predicted octanol–water partition coefficient (Wildman–Crippen LogP) is 0.756. The summed E-state index contributed by atoms with van der Waals surface area (Å²) in [5.41, 5.74) is 0.369. The molecule has 1 amide bonds. The van der Waals surface area contributed by atoms with Crippen LogP contribution < -0.4 is 15.8 Å². The van der Waals surface area contributed by atoms with Crippen LogP contribution in [0.25, 0.3) is 0 Å². The third-order valence-corrected chi connectivity index (χ3v) is 4.27. The van der Waals surface area contributed by atoms with Gasteiger partial charge in [-0.1, -0.05) is 6.07 Å². The van der Waals surface area contributed by atoms with Gasteiger partial charge in [0, 0.05) is 25.2 Å². The van der Waals surface area contributed by atoms with E-state index in [2.05, 4.69) is 15.6 Å². The molecule has 0 saturated heterocycles. The monoisotopic (exact) mass is 379 g/mol. The van der Waals surface area contributed by atoms with Gasteiger partial charge in [0.15, 0.2) is 0 Å². The van der Waals surface area contributed by atoms with E-state index in [9.17, 15) is 23.3 Å². The van der Waals surface area contributed by atoms with E-state index in [1.54, 1.807) is 24.4 Å². The van der Waals surface area contributed by atoms with E-state index < -0.39 is 20.6 Å². The molecule has 0 fully saturated rings. The standard InChI is InChI=1S/C15H17N5O5S/c16-26(24,25)12-4-5-13(14(9-12)20(22)23)18-8-6-15(21)19-10-11-3-1-2-7-17-11/h1-5,7,9,18H,6,8,10H2,(H,19,21)(H2,16,24,25). The van der Waals surface area contributed by atoms with Crippen molar-refractivity contribution >= 4 is 27.3 Å². The number of anilines is 1. The summed E-state index contributed by atoms with van der Waals surface area (Å²) < 4.78 is 22.6. The number of hydrogen-bond acceptors (Lipinski definition) is 7. The molecule has 0 aliphatic heterocycles. The van der Waals surface area contributed by atoms with E-state index in [1.807, 2.05) is 0 Å². The van der Waals surface area contributed by atoms with Crippen LogP contribution >= 0.6 is 0 Å².